The van der Waals surface area contributed by atoms with Crippen LogP contribution in [0.3, 0.4) is 0 Å². The van der Waals surface area contributed by atoms with Gasteiger partial charge in [0.25, 0.3) is 10.0 Å². The summed E-state index contributed by atoms with van der Waals surface area (Å²) in [5.74, 6) is 1.36. The lowest BCUT2D eigenvalue weighted by Crippen LogP contribution is -2.16. The standard InChI is InChI=1S/C23H21ClN4O4S/c1-14-8-9-18(13-19(14)24)33(29,30)28-23-22(26-20-6-4-5-7-21(20)27-23)25-15-10-16(31-2)12-17(11-15)32-3/h4-13H,1-3H3,(H,25,26)(H,27,28). The SMILES string of the molecule is COc1cc(Nc2nc3ccccc3nc2NS(=O)(=O)c2ccc(C)c(Cl)c2)cc(OC)c1. The lowest BCUT2D eigenvalue weighted by atomic mass is 10.2. The van der Waals surface area contributed by atoms with Gasteiger partial charge in [-0.25, -0.2) is 18.4 Å². The molecule has 4 aromatic rings. The van der Waals surface area contributed by atoms with Gasteiger partial charge in [-0.2, -0.15) is 0 Å². The molecule has 0 saturated carbocycles. The lowest BCUT2D eigenvalue weighted by Gasteiger charge is -2.15. The fourth-order valence-corrected chi connectivity index (χ4v) is 4.38. The second-order valence-corrected chi connectivity index (χ2v) is 9.24. The molecule has 0 aliphatic rings. The van der Waals surface area contributed by atoms with Crippen LogP contribution in [0.2, 0.25) is 5.02 Å². The second kappa shape index (κ2) is 9.13. The van der Waals surface area contributed by atoms with Crippen LogP contribution in [0.25, 0.3) is 11.0 Å². The summed E-state index contributed by atoms with van der Waals surface area (Å²) < 4.78 is 39.4. The van der Waals surface area contributed by atoms with Crippen LogP contribution in [-0.2, 0) is 10.0 Å². The Morgan fingerprint density at radius 2 is 1.45 bits per heavy atom. The van der Waals surface area contributed by atoms with Crippen LogP contribution < -0.4 is 19.5 Å². The van der Waals surface area contributed by atoms with Gasteiger partial charge in [-0.15, -0.1) is 0 Å². The quantitative estimate of drug-likeness (QED) is 0.373. The number of halogens is 1. The van der Waals surface area contributed by atoms with Crippen LogP contribution in [0, 0.1) is 6.92 Å². The van der Waals surface area contributed by atoms with E-state index in [1.54, 1.807) is 63.6 Å². The van der Waals surface area contributed by atoms with Crippen LogP contribution in [0.1, 0.15) is 5.56 Å². The zero-order valence-electron chi connectivity index (χ0n) is 18.1. The summed E-state index contributed by atoms with van der Waals surface area (Å²) in [6.45, 7) is 1.80. The van der Waals surface area contributed by atoms with Crippen molar-refractivity contribution in [2.75, 3.05) is 24.3 Å². The third-order valence-corrected chi connectivity index (χ3v) is 6.61. The molecule has 0 aliphatic carbocycles. The molecule has 0 saturated heterocycles. The highest BCUT2D eigenvalue weighted by atomic mass is 35.5. The smallest absolute Gasteiger partial charge is 0.263 e. The van der Waals surface area contributed by atoms with Crippen LogP contribution >= 0.6 is 11.6 Å². The Balaban J connectivity index is 1.79. The number of methoxy groups -OCH3 is 2. The number of ether oxygens (including phenoxy) is 2. The van der Waals surface area contributed by atoms with E-state index in [1.165, 1.54) is 12.1 Å². The van der Waals surface area contributed by atoms with Gasteiger partial charge in [0.1, 0.15) is 11.5 Å². The van der Waals surface area contributed by atoms with Crippen molar-refractivity contribution in [1.82, 2.24) is 9.97 Å². The molecule has 1 aromatic heterocycles. The van der Waals surface area contributed by atoms with E-state index in [0.717, 1.165) is 5.56 Å². The summed E-state index contributed by atoms with van der Waals surface area (Å²) >= 11 is 6.14. The number of hydrogen-bond donors (Lipinski definition) is 2. The number of nitrogens with one attached hydrogen (secondary N) is 2. The van der Waals surface area contributed by atoms with Gasteiger partial charge in [0, 0.05) is 28.9 Å². The monoisotopic (exact) mass is 484 g/mol. The highest BCUT2D eigenvalue weighted by Crippen LogP contribution is 2.31. The second-order valence-electron chi connectivity index (χ2n) is 7.15. The van der Waals surface area contributed by atoms with Crippen molar-refractivity contribution < 1.29 is 17.9 Å². The van der Waals surface area contributed by atoms with Crippen LogP contribution in [-0.4, -0.2) is 32.6 Å². The highest BCUT2D eigenvalue weighted by molar-refractivity contribution is 7.92. The highest BCUT2D eigenvalue weighted by Gasteiger charge is 2.20. The molecule has 8 nitrogen and oxygen atoms in total. The predicted molar refractivity (Wildman–Crippen MR) is 129 cm³/mol. The molecule has 2 N–H and O–H groups in total. The average molecular weight is 485 g/mol. The number of sulfonamides is 1. The molecular formula is C23H21ClN4O4S. The van der Waals surface area contributed by atoms with E-state index in [9.17, 15) is 8.42 Å². The Kier molecular flexibility index (Phi) is 6.26. The maximum Gasteiger partial charge on any atom is 0.263 e. The van der Waals surface area contributed by atoms with Crippen LogP contribution in [0.15, 0.2) is 65.6 Å². The number of anilines is 3. The minimum atomic E-state index is -3.99. The molecule has 0 unspecified atom stereocenters. The van der Waals surface area contributed by atoms with Gasteiger partial charge in [0.05, 0.1) is 30.1 Å². The maximum absolute atomic E-state index is 13.1. The first-order valence-corrected chi connectivity index (χ1v) is 11.7. The number of aryl methyl sites for hydroxylation is 1. The first kappa shape index (κ1) is 22.6. The predicted octanol–water partition coefficient (Wildman–Crippen LogP) is 5.15. The molecule has 170 valence electrons. The van der Waals surface area contributed by atoms with Gasteiger partial charge in [-0.05, 0) is 36.8 Å². The number of benzene rings is 3. The summed E-state index contributed by atoms with van der Waals surface area (Å²) in [5, 5.41) is 3.47. The van der Waals surface area contributed by atoms with Crippen molar-refractivity contribution >= 4 is 50.0 Å². The first-order valence-electron chi connectivity index (χ1n) is 9.85. The normalized spacial score (nSPS) is 11.3. The maximum atomic E-state index is 13.1. The summed E-state index contributed by atoms with van der Waals surface area (Å²) in [5.41, 5.74) is 2.48. The molecule has 1 heterocycles. The van der Waals surface area contributed by atoms with Gasteiger partial charge in [0.2, 0.25) is 0 Å². The van der Waals surface area contributed by atoms with Gasteiger partial charge in [-0.3, -0.25) is 4.72 Å². The summed E-state index contributed by atoms with van der Waals surface area (Å²) in [7, 11) is -0.903. The van der Waals surface area contributed by atoms with Crippen molar-refractivity contribution in [2.24, 2.45) is 0 Å². The van der Waals surface area contributed by atoms with Gasteiger partial charge < -0.3 is 14.8 Å². The minimum Gasteiger partial charge on any atom is -0.497 e. The van der Waals surface area contributed by atoms with E-state index >= 15 is 0 Å². The number of nitrogens with zero attached hydrogens (tertiary/aromatic N) is 2. The molecule has 0 radical (unpaired) electrons. The number of hydrogen-bond acceptors (Lipinski definition) is 7. The molecule has 10 heteroatoms. The van der Waals surface area contributed by atoms with Crippen molar-refractivity contribution in [3.8, 4) is 11.5 Å². The van der Waals surface area contributed by atoms with Gasteiger partial charge in [0.15, 0.2) is 11.6 Å². The van der Waals surface area contributed by atoms with Crippen LogP contribution in [0.4, 0.5) is 17.3 Å². The molecule has 33 heavy (non-hydrogen) atoms. The third-order valence-electron chi connectivity index (χ3n) is 4.87. The Hall–Kier alpha value is -3.56. The number of aromatic nitrogens is 2. The fourth-order valence-electron chi connectivity index (χ4n) is 3.10. The molecule has 0 aliphatic heterocycles. The Morgan fingerprint density at radius 3 is 2.03 bits per heavy atom. The van der Waals surface area contributed by atoms with E-state index in [2.05, 4.69) is 20.0 Å². The zero-order chi connectivity index (χ0) is 23.6. The van der Waals surface area contributed by atoms with E-state index < -0.39 is 10.0 Å². The lowest BCUT2D eigenvalue weighted by molar-refractivity contribution is 0.395. The number of rotatable bonds is 7. The largest absolute Gasteiger partial charge is 0.497 e. The van der Waals surface area contributed by atoms with Gasteiger partial charge in [-0.1, -0.05) is 29.8 Å². The molecule has 0 atom stereocenters. The Morgan fingerprint density at radius 1 is 0.848 bits per heavy atom. The van der Waals surface area contributed by atoms with Crippen molar-refractivity contribution in [3.05, 3.63) is 71.2 Å². The molecular weight excluding hydrogens is 464 g/mol. The van der Waals surface area contributed by atoms with Gasteiger partial charge >= 0.3 is 0 Å². The fraction of sp³-hybridized carbons (Fsp3) is 0.130. The van der Waals surface area contributed by atoms with Crippen molar-refractivity contribution in [1.29, 1.82) is 0 Å². The average Bonchev–Trinajstić information content (AvgIpc) is 2.80. The van der Waals surface area contributed by atoms with E-state index in [1.807, 2.05) is 6.07 Å². The van der Waals surface area contributed by atoms with Crippen molar-refractivity contribution in [3.63, 3.8) is 0 Å². The van der Waals surface area contributed by atoms with Crippen molar-refractivity contribution in [2.45, 2.75) is 11.8 Å². The van der Waals surface area contributed by atoms with E-state index in [0.29, 0.717) is 33.2 Å². The first-order chi connectivity index (χ1) is 15.8. The molecule has 0 bridgehead atoms. The molecule has 3 aromatic carbocycles. The molecule has 0 spiro atoms. The molecule has 4 rings (SSSR count). The minimum absolute atomic E-state index is 0.0158. The summed E-state index contributed by atoms with van der Waals surface area (Å²) in [6.07, 6.45) is 0. The number of para-hydroxylation sites is 2. The third kappa shape index (κ3) is 4.94. The van der Waals surface area contributed by atoms with E-state index in [-0.39, 0.29) is 16.5 Å². The van der Waals surface area contributed by atoms with Crippen LogP contribution in [0.5, 0.6) is 11.5 Å². The topological polar surface area (TPSA) is 102 Å². The van der Waals surface area contributed by atoms with E-state index in [4.69, 9.17) is 21.1 Å². The Labute approximate surface area is 196 Å². The Bertz CT molecular complexity index is 1420. The zero-order valence-corrected chi connectivity index (χ0v) is 19.7. The molecule has 0 amide bonds. The molecule has 0 fully saturated rings. The number of fused-ring (bicyclic) bond motifs is 1. The summed E-state index contributed by atoms with van der Waals surface area (Å²) in [4.78, 5) is 9.09. The summed E-state index contributed by atoms with van der Waals surface area (Å²) in [6, 6.07) is 16.9.